The summed E-state index contributed by atoms with van der Waals surface area (Å²) >= 11 is 0. The molecule has 1 aliphatic rings. The molecule has 1 fully saturated rings. The fourth-order valence-electron chi connectivity index (χ4n) is 2.66. The van der Waals surface area contributed by atoms with Crippen LogP contribution in [0.15, 0.2) is 43.0 Å². The minimum absolute atomic E-state index is 0.0878. The van der Waals surface area contributed by atoms with Crippen molar-refractivity contribution in [1.82, 2.24) is 4.90 Å². The molecule has 2 atom stereocenters. The Bertz CT molecular complexity index is 379. The molecular formula is C14H20N2O. The normalized spacial score (nSPS) is 29.4. The van der Waals surface area contributed by atoms with E-state index in [1.165, 1.54) is 0 Å². The Hall–Kier alpha value is -1.16. The van der Waals surface area contributed by atoms with Gasteiger partial charge in [-0.3, -0.25) is 4.90 Å². The zero-order valence-corrected chi connectivity index (χ0v) is 10.0. The van der Waals surface area contributed by atoms with Crippen molar-refractivity contribution >= 4 is 0 Å². The number of benzene rings is 1. The van der Waals surface area contributed by atoms with Crippen molar-refractivity contribution in [2.24, 2.45) is 11.7 Å². The highest BCUT2D eigenvalue weighted by Crippen LogP contribution is 2.34. The number of hydrogen-bond donors (Lipinski definition) is 2. The number of nitrogens with zero attached hydrogens (tertiary/aromatic N) is 1. The summed E-state index contributed by atoms with van der Waals surface area (Å²) in [4.78, 5) is 2.24. The molecule has 0 radical (unpaired) electrons. The van der Waals surface area contributed by atoms with Gasteiger partial charge in [0.15, 0.2) is 0 Å². The van der Waals surface area contributed by atoms with Gasteiger partial charge < -0.3 is 10.8 Å². The zero-order valence-electron chi connectivity index (χ0n) is 10.0. The summed E-state index contributed by atoms with van der Waals surface area (Å²) in [5.74, 6) is 0.0878. The largest absolute Gasteiger partial charge is 0.396 e. The molecule has 0 bridgehead atoms. The maximum Gasteiger partial charge on any atom is 0.0601 e. The molecule has 0 spiro atoms. The van der Waals surface area contributed by atoms with E-state index in [2.05, 4.69) is 11.5 Å². The van der Waals surface area contributed by atoms with Crippen LogP contribution in [-0.2, 0) is 5.54 Å². The predicted octanol–water partition coefficient (Wildman–Crippen LogP) is 0.951. The van der Waals surface area contributed by atoms with Gasteiger partial charge in [-0.15, -0.1) is 6.58 Å². The second kappa shape index (κ2) is 5.00. The Kier molecular flexibility index (Phi) is 3.62. The van der Waals surface area contributed by atoms with Gasteiger partial charge in [0.1, 0.15) is 0 Å². The van der Waals surface area contributed by atoms with Gasteiger partial charge in [0, 0.05) is 32.2 Å². The van der Waals surface area contributed by atoms with Crippen molar-refractivity contribution in [3.63, 3.8) is 0 Å². The van der Waals surface area contributed by atoms with E-state index in [9.17, 15) is 5.11 Å². The summed E-state index contributed by atoms with van der Waals surface area (Å²) in [5.41, 5.74) is 7.18. The Labute approximate surface area is 103 Å². The maximum atomic E-state index is 9.52. The van der Waals surface area contributed by atoms with E-state index in [0.29, 0.717) is 0 Å². The first-order valence-electron chi connectivity index (χ1n) is 5.99. The maximum absolute atomic E-state index is 9.52. The van der Waals surface area contributed by atoms with E-state index < -0.39 is 5.54 Å². The molecule has 0 amide bonds. The first-order chi connectivity index (χ1) is 8.20. The molecule has 0 saturated carbocycles. The van der Waals surface area contributed by atoms with Gasteiger partial charge in [0.05, 0.1) is 5.54 Å². The van der Waals surface area contributed by atoms with Crippen LogP contribution in [0.1, 0.15) is 5.56 Å². The Morgan fingerprint density at radius 3 is 2.76 bits per heavy atom. The van der Waals surface area contributed by atoms with Crippen molar-refractivity contribution in [3.8, 4) is 0 Å². The lowest BCUT2D eigenvalue weighted by molar-refractivity contribution is 0.185. The van der Waals surface area contributed by atoms with Crippen molar-refractivity contribution in [2.75, 3.05) is 26.2 Å². The fraction of sp³-hybridized carbons (Fsp3) is 0.429. The quantitative estimate of drug-likeness (QED) is 0.760. The van der Waals surface area contributed by atoms with E-state index in [1.807, 2.05) is 36.4 Å². The van der Waals surface area contributed by atoms with Gasteiger partial charge in [-0.25, -0.2) is 0 Å². The molecule has 0 aliphatic carbocycles. The van der Waals surface area contributed by atoms with Gasteiger partial charge in [0.25, 0.3) is 0 Å². The molecule has 3 N–H and O–H groups in total. The van der Waals surface area contributed by atoms with Crippen molar-refractivity contribution in [1.29, 1.82) is 0 Å². The number of hydrogen-bond acceptors (Lipinski definition) is 3. The van der Waals surface area contributed by atoms with Crippen LogP contribution >= 0.6 is 0 Å². The van der Waals surface area contributed by atoms with Crippen LogP contribution in [0.3, 0.4) is 0 Å². The summed E-state index contributed by atoms with van der Waals surface area (Å²) in [6, 6.07) is 10.1. The van der Waals surface area contributed by atoms with Crippen LogP contribution in [0.25, 0.3) is 0 Å². The number of aliphatic hydroxyl groups excluding tert-OH is 1. The molecule has 3 heteroatoms. The summed E-state index contributed by atoms with van der Waals surface area (Å²) in [6.45, 7) is 6.30. The lowest BCUT2D eigenvalue weighted by Crippen LogP contribution is -2.45. The molecule has 1 heterocycles. The SMILES string of the molecule is C=CCN1CC(CO)C(N)(c2ccccc2)C1. The van der Waals surface area contributed by atoms with E-state index >= 15 is 0 Å². The predicted molar refractivity (Wildman–Crippen MR) is 69.5 cm³/mol. The van der Waals surface area contributed by atoms with Crippen LogP contribution in [0.4, 0.5) is 0 Å². The standard InChI is InChI=1S/C14H20N2O/c1-2-8-16-9-13(10-17)14(15,11-16)12-6-4-3-5-7-12/h2-7,13,17H,1,8-11,15H2. The zero-order chi connectivity index (χ0) is 12.3. The monoisotopic (exact) mass is 232 g/mol. The summed E-state index contributed by atoms with van der Waals surface area (Å²) in [7, 11) is 0. The molecule has 2 rings (SSSR count). The highest BCUT2D eigenvalue weighted by molar-refractivity contribution is 5.27. The average Bonchev–Trinajstić information content (AvgIpc) is 2.69. The lowest BCUT2D eigenvalue weighted by atomic mass is 9.82. The van der Waals surface area contributed by atoms with Gasteiger partial charge >= 0.3 is 0 Å². The summed E-state index contributed by atoms with van der Waals surface area (Å²) in [5, 5.41) is 9.52. The minimum Gasteiger partial charge on any atom is -0.396 e. The smallest absolute Gasteiger partial charge is 0.0601 e. The van der Waals surface area contributed by atoms with Gasteiger partial charge in [0.2, 0.25) is 0 Å². The van der Waals surface area contributed by atoms with E-state index in [1.54, 1.807) is 0 Å². The third-order valence-electron chi connectivity index (χ3n) is 3.61. The van der Waals surface area contributed by atoms with Crippen LogP contribution in [0.5, 0.6) is 0 Å². The molecule has 1 aromatic rings. The molecule has 2 unspecified atom stereocenters. The third-order valence-corrected chi connectivity index (χ3v) is 3.61. The highest BCUT2D eigenvalue weighted by Gasteiger charge is 2.43. The summed E-state index contributed by atoms with van der Waals surface area (Å²) < 4.78 is 0. The van der Waals surface area contributed by atoms with Crippen molar-refractivity contribution in [2.45, 2.75) is 5.54 Å². The van der Waals surface area contributed by atoms with E-state index in [0.717, 1.165) is 25.2 Å². The second-order valence-corrected chi connectivity index (χ2v) is 4.77. The molecule has 0 aromatic heterocycles. The Balaban J connectivity index is 2.26. The molecule has 3 nitrogen and oxygen atoms in total. The van der Waals surface area contributed by atoms with Crippen LogP contribution in [0.2, 0.25) is 0 Å². The average molecular weight is 232 g/mol. The van der Waals surface area contributed by atoms with Crippen molar-refractivity contribution < 1.29 is 5.11 Å². The topological polar surface area (TPSA) is 49.5 Å². The molecular weight excluding hydrogens is 212 g/mol. The first kappa shape index (κ1) is 12.3. The minimum atomic E-state index is -0.445. The molecule has 1 aliphatic heterocycles. The molecule has 17 heavy (non-hydrogen) atoms. The first-order valence-corrected chi connectivity index (χ1v) is 5.99. The van der Waals surface area contributed by atoms with E-state index in [4.69, 9.17) is 5.73 Å². The molecule has 1 aromatic carbocycles. The second-order valence-electron chi connectivity index (χ2n) is 4.77. The van der Waals surface area contributed by atoms with Crippen molar-refractivity contribution in [3.05, 3.63) is 48.6 Å². The number of nitrogens with two attached hydrogens (primary N) is 1. The van der Waals surface area contributed by atoms with Crippen LogP contribution in [0, 0.1) is 5.92 Å². The van der Waals surface area contributed by atoms with Gasteiger partial charge in [-0.2, -0.15) is 0 Å². The Morgan fingerprint density at radius 1 is 1.47 bits per heavy atom. The molecule has 1 saturated heterocycles. The lowest BCUT2D eigenvalue weighted by Gasteiger charge is -2.30. The van der Waals surface area contributed by atoms with Crippen LogP contribution < -0.4 is 5.73 Å². The van der Waals surface area contributed by atoms with Gasteiger partial charge in [-0.05, 0) is 5.56 Å². The number of aliphatic hydroxyl groups is 1. The third kappa shape index (κ3) is 2.27. The highest BCUT2D eigenvalue weighted by atomic mass is 16.3. The Morgan fingerprint density at radius 2 is 2.18 bits per heavy atom. The number of likely N-dealkylation sites (tertiary alicyclic amines) is 1. The molecule has 92 valence electrons. The van der Waals surface area contributed by atoms with E-state index in [-0.39, 0.29) is 12.5 Å². The fourth-order valence-corrected chi connectivity index (χ4v) is 2.66. The summed E-state index contributed by atoms with van der Waals surface area (Å²) in [6.07, 6.45) is 1.88. The van der Waals surface area contributed by atoms with Crippen LogP contribution in [-0.4, -0.2) is 36.2 Å². The van der Waals surface area contributed by atoms with Gasteiger partial charge in [-0.1, -0.05) is 36.4 Å². The number of rotatable bonds is 4.